The van der Waals surface area contributed by atoms with Crippen LogP contribution in [0, 0.1) is 6.92 Å². The Labute approximate surface area is 180 Å². The van der Waals surface area contributed by atoms with Crippen LogP contribution < -0.4 is 14.4 Å². The van der Waals surface area contributed by atoms with E-state index in [4.69, 9.17) is 4.74 Å². The highest BCUT2D eigenvalue weighted by Crippen LogP contribution is 2.39. The minimum Gasteiger partial charge on any atom is -0.454 e. The first kappa shape index (κ1) is 20.6. The van der Waals surface area contributed by atoms with Crippen LogP contribution >= 0.6 is 0 Å². The van der Waals surface area contributed by atoms with Crippen LogP contribution in [0.1, 0.15) is 33.2 Å². The van der Waals surface area contributed by atoms with Gasteiger partial charge in [0.1, 0.15) is 5.75 Å². The lowest BCUT2D eigenvalue weighted by Crippen LogP contribution is -2.25. The van der Waals surface area contributed by atoms with Crippen molar-refractivity contribution in [3.05, 3.63) is 77.4 Å². The number of carbonyl (C=O) groups excluding carboxylic acids is 2. The maximum absolute atomic E-state index is 13.0. The number of anilines is 2. The maximum Gasteiger partial charge on any atom is 0.261 e. The molecule has 0 fully saturated rings. The molecule has 4 rings (SSSR count). The van der Waals surface area contributed by atoms with Gasteiger partial charge < -0.3 is 9.64 Å². The summed E-state index contributed by atoms with van der Waals surface area (Å²) in [5, 5.41) is 0. The van der Waals surface area contributed by atoms with E-state index in [1.165, 1.54) is 48.2 Å². The molecule has 0 spiro atoms. The van der Waals surface area contributed by atoms with Gasteiger partial charge in [0.2, 0.25) is 0 Å². The summed E-state index contributed by atoms with van der Waals surface area (Å²) in [5.74, 6) is 0.417. The molecule has 0 atom stereocenters. The molecule has 0 radical (unpaired) electrons. The predicted octanol–water partition coefficient (Wildman–Crippen LogP) is 4.38. The standard InChI is InChI=1S/C23H20N2O5S/c1-14-4-10-22-20(12-14)25(3)23(27)19-13-17(7-11-21(19)30-22)24-31(28,29)18-8-5-16(6-9-18)15(2)26/h4-13,24H,1-3H3. The predicted molar refractivity (Wildman–Crippen MR) is 118 cm³/mol. The van der Waals surface area contributed by atoms with Crippen molar-refractivity contribution in [3.8, 4) is 11.5 Å². The van der Waals surface area contributed by atoms with Gasteiger partial charge in [0, 0.05) is 18.3 Å². The number of carbonyl (C=O) groups is 2. The van der Waals surface area contributed by atoms with Crippen LogP contribution in [0.15, 0.2) is 65.6 Å². The average molecular weight is 436 g/mol. The average Bonchev–Trinajstić information content (AvgIpc) is 2.83. The molecule has 158 valence electrons. The molecule has 0 bridgehead atoms. The number of amides is 1. The fourth-order valence-electron chi connectivity index (χ4n) is 3.32. The second-order valence-corrected chi connectivity index (χ2v) is 9.02. The quantitative estimate of drug-likeness (QED) is 0.613. The molecular formula is C23H20N2O5S. The fraction of sp³-hybridized carbons (Fsp3) is 0.130. The molecule has 1 aliphatic rings. The summed E-state index contributed by atoms with van der Waals surface area (Å²) >= 11 is 0. The van der Waals surface area contributed by atoms with Crippen LogP contribution in [0.2, 0.25) is 0 Å². The molecule has 0 aliphatic carbocycles. The number of fused-ring (bicyclic) bond motifs is 2. The summed E-state index contributed by atoms with van der Waals surface area (Å²) in [6.07, 6.45) is 0. The minimum atomic E-state index is -3.91. The zero-order chi connectivity index (χ0) is 22.3. The van der Waals surface area contributed by atoms with Gasteiger partial charge in [0.15, 0.2) is 11.5 Å². The Kier molecular flexibility index (Phi) is 5.02. The highest BCUT2D eigenvalue weighted by Gasteiger charge is 2.27. The van der Waals surface area contributed by atoms with Crippen molar-refractivity contribution in [1.29, 1.82) is 0 Å². The lowest BCUT2D eigenvalue weighted by atomic mass is 10.1. The number of aryl methyl sites for hydroxylation is 1. The summed E-state index contributed by atoms with van der Waals surface area (Å²) in [5.41, 5.74) is 2.50. The molecule has 3 aromatic rings. The van der Waals surface area contributed by atoms with Crippen LogP contribution in [-0.2, 0) is 10.0 Å². The van der Waals surface area contributed by atoms with Gasteiger partial charge in [-0.05, 0) is 61.9 Å². The Morgan fingerprint density at radius 2 is 1.65 bits per heavy atom. The summed E-state index contributed by atoms with van der Waals surface area (Å²) in [6.45, 7) is 3.33. The summed E-state index contributed by atoms with van der Waals surface area (Å²) in [6, 6.07) is 15.7. The molecule has 0 saturated carbocycles. The lowest BCUT2D eigenvalue weighted by molar-refractivity contribution is 0.0990. The lowest BCUT2D eigenvalue weighted by Gasteiger charge is -2.17. The number of ketones is 1. The first-order valence-corrected chi connectivity index (χ1v) is 11.0. The molecule has 0 aromatic heterocycles. The van der Waals surface area contributed by atoms with Crippen molar-refractivity contribution in [2.24, 2.45) is 0 Å². The summed E-state index contributed by atoms with van der Waals surface area (Å²) in [4.78, 5) is 25.9. The highest BCUT2D eigenvalue weighted by molar-refractivity contribution is 7.92. The Hall–Kier alpha value is -3.65. The van der Waals surface area contributed by atoms with E-state index < -0.39 is 10.0 Å². The molecular weight excluding hydrogens is 416 g/mol. The van der Waals surface area contributed by atoms with Gasteiger partial charge in [0.25, 0.3) is 15.9 Å². The monoisotopic (exact) mass is 436 g/mol. The van der Waals surface area contributed by atoms with Crippen LogP contribution in [0.3, 0.4) is 0 Å². The van der Waals surface area contributed by atoms with Gasteiger partial charge in [-0.2, -0.15) is 0 Å². The van der Waals surface area contributed by atoms with Gasteiger partial charge in [-0.15, -0.1) is 0 Å². The van der Waals surface area contributed by atoms with E-state index >= 15 is 0 Å². The molecule has 8 heteroatoms. The van der Waals surface area contributed by atoms with Gasteiger partial charge >= 0.3 is 0 Å². The topological polar surface area (TPSA) is 92.8 Å². The van der Waals surface area contributed by atoms with E-state index in [1.807, 2.05) is 19.1 Å². The minimum absolute atomic E-state index is 0.00928. The molecule has 3 aromatic carbocycles. The number of rotatable bonds is 4. The maximum atomic E-state index is 13.0. The second-order valence-electron chi connectivity index (χ2n) is 7.33. The number of sulfonamides is 1. The third kappa shape index (κ3) is 3.89. The zero-order valence-electron chi connectivity index (χ0n) is 17.2. The molecule has 1 amide bonds. The van der Waals surface area contributed by atoms with E-state index in [-0.39, 0.29) is 27.8 Å². The van der Waals surface area contributed by atoms with Crippen LogP contribution in [0.5, 0.6) is 11.5 Å². The van der Waals surface area contributed by atoms with Gasteiger partial charge in [0.05, 0.1) is 16.1 Å². The zero-order valence-corrected chi connectivity index (χ0v) is 18.0. The molecule has 7 nitrogen and oxygen atoms in total. The second kappa shape index (κ2) is 7.55. The first-order valence-electron chi connectivity index (χ1n) is 9.50. The van der Waals surface area contributed by atoms with Crippen molar-refractivity contribution in [2.75, 3.05) is 16.7 Å². The third-order valence-corrected chi connectivity index (χ3v) is 6.43. The number of nitrogens with one attached hydrogen (secondary N) is 1. The Balaban J connectivity index is 1.67. The van der Waals surface area contributed by atoms with Crippen molar-refractivity contribution in [2.45, 2.75) is 18.7 Å². The van der Waals surface area contributed by atoms with Crippen LogP contribution in [0.25, 0.3) is 0 Å². The smallest absolute Gasteiger partial charge is 0.261 e. The normalized spacial score (nSPS) is 13.0. The van der Waals surface area contributed by atoms with E-state index in [9.17, 15) is 18.0 Å². The Morgan fingerprint density at radius 3 is 2.32 bits per heavy atom. The molecule has 0 unspecified atom stereocenters. The fourth-order valence-corrected chi connectivity index (χ4v) is 4.37. The molecule has 31 heavy (non-hydrogen) atoms. The van der Waals surface area contributed by atoms with Crippen molar-refractivity contribution in [1.82, 2.24) is 0 Å². The van der Waals surface area contributed by atoms with Crippen LogP contribution in [0.4, 0.5) is 11.4 Å². The Bertz CT molecular complexity index is 1310. The number of nitrogens with zero attached hydrogens (tertiary/aromatic N) is 1. The number of hydrogen-bond donors (Lipinski definition) is 1. The van der Waals surface area contributed by atoms with Crippen LogP contribution in [-0.4, -0.2) is 27.2 Å². The Morgan fingerprint density at radius 1 is 0.968 bits per heavy atom. The van der Waals surface area contributed by atoms with Gasteiger partial charge in [-0.3, -0.25) is 14.3 Å². The van der Waals surface area contributed by atoms with Crippen molar-refractivity contribution < 1.29 is 22.7 Å². The van der Waals surface area contributed by atoms with Crippen molar-refractivity contribution >= 4 is 33.1 Å². The summed E-state index contributed by atoms with van der Waals surface area (Å²) in [7, 11) is -2.26. The first-order chi connectivity index (χ1) is 14.7. The highest BCUT2D eigenvalue weighted by atomic mass is 32.2. The van der Waals surface area contributed by atoms with Gasteiger partial charge in [-0.25, -0.2) is 8.42 Å². The number of Topliss-reactive ketones (excluding diaryl/α,β-unsaturated/α-hetero) is 1. The molecule has 1 heterocycles. The largest absolute Gasteiger partial charge is 0.454 e. The van der Waals surface area contributed by atoms with E-state index in [1.54, 1.807) is 19.2 Å². The van der Waals surface area contributed by atoms with Crippen molar-refractivity contribution in [3.63, 3.8) is 0 Å². The SMILES string of the molecule is CC(=O)c1ccc(S(=O)(=O)Nc2ccc3c(c2)C(=O)N(C)c2cc(C)ccc2O3)cc1. The number of ether oxygens (including phenoxy) is 1. The molecule has 0 saturated heterocycles. The number of benzene rings is 3. The molecule has 1 N–H and O–H groups in total. The number of hydrogen-bond acceptors (Lipinski definition) is 5. The van der Waals surface area contributed by atoms with E-state index in [2.05, 4.69) is 4.72 Å². The summed E-state index contributed by atoms with van der Waals surface area (Å²) < 4.78 is 33.9. The van der Waals surface area contributed by atoms with E-state index in [0.29, 0.717) is 22.7 Å². The molecule has 1 aliphatic heterocycles. The van der Waals surface area contributed by atoms with E-state index in [0.717, 1.165) is 5.56 Å². The third-order valence-electron chi connectivity index (χ3n) is 5.03. The van der Waals surface area contributed by atoms with Gasteiger partial charge in [-0.1, -0.05) is 18.2 Å².